The highest BCUT2D eigenvalue weighted by molar-refractivity contribution is 7.89. The maximum Gasteiger partial charge on any atom is 0.337 e. The molecule has 1 aliphatic carbocycles. The van der Waals surface area contributed by atoms with Crippen LogP contribution in [0.5, 0.6) is 17.2 Å². The Hall–Kier alpha value is -4.74. The standard InChI is InChI=1S/C33H31FN2O7S/c34-24-6-5-7-28(21-24)44(40,41)36-33(18-3-4-19-33)22-42-25-14-16-27(17-15-25)43-26-12-10-23(11-13-26)20-31(37)35-30-9-2-1-8-29(30)32(38)39/h1-2,5-17,21,36H,3-4,18-20,22H2,(H,35,37)(H,38,39). The molecule has 5 rings (SSSR count). The lowest BCUT2D eigenvalue weighted by Crippen LogP contribution is -2.50. The summed E-state index contributed by atoms with van der Waals surface area (Å²) in [4.78, 5) is 23.7. The van der Waals surface area contributed by atoms with Crippen molar-refractivity contribution in [1.82, 2.24) is 4.72 Å². The molecule has 0 aliphatic heterocycles. The van der Waals surface area contributed by atoms with Crippen molar-refractivity contribution < 1.29 is 37.0 Å². The van der Waals surface area contributed by atoms with Crippen molar-refractivity contribution >= 4 is 27.6 Å². The van der Waals surface area contributed by atoms with Crippen LogP contribution in [0.25, 0.3) is 0 Å². The number of para-hydroxylation sites is 1. The van der Waals surface area contributed by atoms with Crippen LogP contribution < -0.4 is 19.5 Å². The molecule has 0 unspecified atom stereocenters. The van der Waals surface area contributed by atoms with E-state index in [1.165, 1.54) is 30.3 Å². The predicted molar refractivity (Wildman–Crippen MR) is 162 cm³/mol. The highest BCUT2D eigenvalue weighted by Crippen LogP contribution is 2.33. The van der Waals surface area contributed by atoms with Crippen LogP contribution in [0.3, 0.4) is 0 Å². The number of benzene rings is 4. The van der Waals surface area contributed by atoms with Gasteiger partial charge < -0.3 is 19.9 Å². The van der Waals surface area contributed by atoms with E-state index in [9.17, 15) is 27.5 Å². The molecule has 0 saturated heterocycles. The summed E-state index contributed by atoms with van der Waals surface area (Å²) in [5.41, 5.74) is 0.185. The van der Waals surface area contributed by atoms with Crippen LogP contribution in [0, 0.1) is 5.82 Å². The van der Waals surface area contributed by atoms with Crippen molar-refractivity contribution in [1.29, 1.82) is 0 Å². The molecule has 1 saturated carbocycles. The number of anilines is 1. The lowest BCUT2D eigenvalue weighted by molar-refractivity contribution is -0.115. The van der Waals surface area contributed by atoms with Gasteiger partial charge in [-0.15, -0.1) is 0 Å². The molecule has 11 heteroatoms. The molecule has 9 nitrogen and oxygen atoms in total. The maximum absolute atomic E-state index is 13.7. The number of nitrogens with one attached hydrogen (secondary N) is 2. The first-order valence-electron chi connectivity index (χ1n) is 14.0. The van der Waals surface area contributed by atoms with Crippen LogP contribution in [0.15, 0.2) is 102 Å². The van der Waals surface area contributed by atoms with E-state index < -0.39 is 27.3 Å². The van der Waals surface area contributed by atoms with Gasteiger partial charge in [-0.25, -0.2) is 22.3 Å². The number of carboxylic acids is 1. The predicted octanol–water partition coefficient (Wildman–Crippen LogP) is 6.17. The fourth-order valence-corrected chi connectivity index (χ4v) is 6.58. The smallest absolute Gasteiger partial charge is 0.337 e. The van der Waals surface area contributed by atoms with Gasteiger partial charge in [0.2, 0.25) is 15.9 Å². The van der Waals surface area contributed by atoms with Gasteiger partial charge in [0.1, 0.15) is 29.7 Å². The van der Waals surface area contributed by atoms with Crippen molar-refractivity contribution in [2.24, 2.45) is 0 Å². The zero-order valence-corrected chi connectivity index (χ0v) is 24.5. The molecule has 44 heavy (non-hydrogen) atoms. The Kier molecular flexibility index (Phi) is 9.26. The van der Waals surface area contributed by atoms with Crippen LogP contribution in [0.4, 0.5) is 10.1 Å². The third-order valence-electron chi connectivity index (χ3n) is 7.31. The third kappa shape index (κ3) is 7.80. The van der Waals surface area contributed by atoms with E-state index in [-0.39, 0.29) is 35.1 Å². The molecule has 1 fully saturated rings. The Morgan fingerprint density at radius 3 is 2.14 bits per heavy atom. The van der Waals surface area contributed by atoms with Crippen molar-refractivity contribution in [2.45, 2.75) is 42.5 Å². The molecule has 0 aromatic heterocycles. The zero-order valence-electron chi connectivity index (χ0n) is 23.7. The van der Waals surface area contributed by atoms with E-state index in [1.54, 1.807) is 60.7 Å². The minimum absolute atomic E-state index is 0.0181. The van der Waals surface area contributed by atoms with Crippen LogP contribution >= 0.6 is 0 Å². The molecule has 3 N–H and O–H groups in total. The van der Waals surface area contributed by atoms with Crippen LogP contribution in [0.1, 0.15) is 41.6 Å². The van der Waals surface area contributed by atoms with E-state index in [0.29, 0.717) is 30.1 Å². The number of ether oxygens (including phenoxy) is 2. The van der Waals surface area contributed by atoms with Gasteiger partial charge in [-0.3, -0.25) is 4.79 Å². The topological polar surface area (TPSA) is 131 Å². The van der Waals surface area contributed by atoms with Gasteiger partial charge in [-0.2, -0.15) is 0 Å². The van der Waals surface area contributed by atoms with Gasteiger partial charge in [0, 0.05) is 0 Å². The zero-order chi connectivity index (χ0) is 31.2. The highest BCUT2D eigenvalue weighted by Gasteiger charge is 2.39. The first kappa shape index (κ1) is 30.7. The molecule has 0 radical (unpaired) electrons. The van der Waals surface area contributed by atoms with Crippen molar-refractivity contribution in [3.63, 3.8) is 0 Å². The number of hydrogen-bond donors (Lipinski definition) is 3. The third-order valence-corrected chi connectivity index (χ3v) is 8.89. The lowest BCUT2D eigenvalue weighted by Gasteiger charge is -2.30. The second kappa shape index (κ2) is 13.3. The van der Waals surface area contributed by atoms with E-state index in [1.807, 2.05) is 0 Å². The number of carbonyl (C=O) groups is 2. The maximum atomic E-state index is 13.7. The van der Waals surface area contributed by atoms with Crippen molar-refractivity contribution in [3.8, 4) is 17.2 Å². The summed E-state index contributed by atoms with van der Waals surface area (Å²) in [6.07, 6.45) is 2.97. The van der Waals surface area contributed by atoms with E-state index in [4.69, 9.17) is 9.47 Å². The summed E-state index contributed by atoms with van der Waals surface area (Å²) in [6.45, 7) is 0.124. The minimum atomic E-state index is -3.93. The molecule has 228 valence electrons. The van der Waals surface area contributed by atoms with Crippen LogP contribution in [0.2, 0.25) is 0 Å². The second-order valence-corrected chi connectivity index (χ2v) is 12.3. The lowest BCUT2D eigenvalue weighted by atomic mass is 10.0. The molecule has 1 amide bonds. The number of carboxylic acid groups (broad SMARTS) is 1. The van der Waals surface area contributed by atoms with Gasteiger partial charge in [0.15, 0.2) is 0 Å². The quantitative estimate of drug-likeness (QED) is 0.173. The molecule has 4 aromatic carbocycles. The second-order valence-electron chi connectivity index (χ2n) is 10.6. The number of amides is 1. The monoisotopic (exact) mass is 618 g/mol. The molecule has 0 bridgehead atoms. The number of carbonyl (C=O) groups excluding carboxylic acids is 1. The summed E-state index contributed by atoms with van der Waals surface area (Å²) < 4.78 is 54.3. The van der Waals surface area contributed by atoms with Gasteiger partial charge in [-0.1, -0.05) is 43.2 Å². The van der Waals surface area contributed by atoms with Gasteiger partial charge in [0.05, 0.1) is 28.1 Å². The summed E-state index contributed by atoms with van der Waals surface area (Å²) >= 11 is 0. The Morgan fingerprint density at radius 2 is 1.48 bits per heavy atom. The van der Waals surface area contributed by atoms with Gasteiger partial charge in [0.25, 0.3) is 0 Å². The Bertz CT molecular complexity index is 1740. The number of rotatable bonds is 12. The fourth-order valence-electron chi connectivity index (χ4n) is 5.10. The van der Waals surface area contributed by atoms with Gasteiger partial charge >= 0.3 is 5.97 Å². The van der Waals surface area contributed by atoms with Crippen LogP contribution in [-0.2, 0) is 21.2 Å². The largest absolute Gasteiger partial charge is 0.492 e. The van der Waals surface area contributed by atoms with E-state index >= 15 is 0 Å². The van der Waals surface area contributed by atoms with Crippen molar-refractivity contribution in [2.75, 3.05) is 11.9 Å². The molecule has 4 aromatic rings. The Balaban J connectivity index is 1.15. The molecule has 0 spiro atoms. The summed E-state index contributed by atoms with van der Waals surface area (Å²) in [7, 11) is -3.93. The first-order valence-corrected chi connectivity index (χ1v) is 15.5. The number of halogens is 1. The summed E-state index contributed by atoms with van der Waals surface area (Å²) in [5, 5.41) is 11.9. The molecular formula is C33H31FN2O7S. The average Bonchev–Trinajstić information content (AvgIpc) is 3.46. The molecular weight excluding hydrogens is 587 g/mol. The van der Waals surface area contributed by atoms with Gasteiger partial charge in [-0.05, 0) is 85.1 Å². The first-order chi connectivity index (χ1) is 21.1. The normalized spacial score (nSPS) is 14.1. The average molecular weight is 619 g/mol. The Labute approximate surface area is 254 Å². The summed E-state index contributed by atoms with van der Waals surface area (Å²) in [5.74, 6) is -0.439. The molecule has 0 atom stereocenters. The highest BCUT2D eigenvalue weighted by atomic mass is 32.2. The number of hydrogen-bond acceptors (Lipinski definition) is 6. The van der Waals surface area contributed by atoms with Crippen LogP contribution in [-0.4, -0.2) is 37.5 Å². The van der Waals surface area contributed by atoms with E-state index in [0.717, 1.165) is 24.5 Å². The fraction of sp³-hybridized carbons (Fsp3) is 0.212. The van der Waals surface area contributed by atoms with Crippen molar-refractivity contribution in [3.05, 3.63) is 114 Å². The minimum Gasteiger partial charge on any atom is -0.492 e. The molecule has 0 heterocycles. The number of aromatic carboxylic acids is 1. The number of sulfonamides is 1. The molecule has 1 aliphatic rings. The SMILES string of the molecule is O=C(Cc1ccc(Oc2ccc(OCC3(NS(=O)(=O)c4cccc(F)c4)CCCC3)cc2)cc1)Nc1ccccc1C(=O)O. The van der Waals surface area contributed by atoms with E-state index in [2.05, 4.69) is 10.0 Å². The summed E-state index contributed by atoms with van der Waals surface area (Å²) in [6, 6.07) is 25.0. The Morgan fingerprint density at radius 1 is 0.841 bits per heavy atom.